The topological polar surface area (TPSA) is 94.0 Å². The van der Waals surface area contributed by atoms with E-state index in [4.69, 9.17) is 10.3 Å². The van der Waals surface area contributed by atoms with Crippen LogP contribution < -0.4 is 11.1 Å². The third kappa shape index (κ3) is 4.16. The molecule has 1 aromatic carbocycles. The van der Waals surface area contributed by atoms with Gasteiger partial charge in [-0.25, -0.2) is 0 Å². The minimum Gasteiger partial charge on any atom is -0.343 e. The molecule has 1 aromatic heterocycles. The molecule has 0 aliphatic heterocycles. The van der Waals surface area contributed by atoms with E-state index in [0.717, 1.165) is 11.1 Å². The van der Waals surface area contributed by atoms with Crippen LogP contribution in [0.4, 0.5) is 0 Å². The Morgan fingerprint density at radius 1 is 1.38 bits per heavy atom. The molecule has 3 N–H and O–H groups in total. The molecular formula is C15H16N4O2. The van der Waals surface area contributed by atoms with Crippen LogP contribution in [0.5, 0.6) is 0 Å². The van der Waals surface area contributed by atoms with Crippen molar-refractivity contribution >= 4 is 5.91 Å². The molecule has 0 spiro atoms. The summed E-state index contributed by atoms with van der Waals surface area (Å²) in [5, 5.41) is 6.39. The van der Waals surface area contributed by atoms with Gasteiger partial charge in [-0.15, -0.1) is 0 Å². The molecule has 0 unspecified atom stereocenters. The number of aromatic nitrogens is 2. The first-order chi connectivity index (χ1) is 10.1. The number of hydrogen-bond acceptors (Lipinski definition) is 5. The van der Waals surface area contributed by atoms with Gasteiger partial charge in [-0.05, 0) is 37.6 Å². The van der Waals surface area contributed by atoms with Crippen LogP contribution in [0.15, 0.2) is 22.7 Å². The number of benzene rings is 1. The van der Waals surface area contributed by atoms with Crippen molar-refractivity contribution in [3.8, 4) is 11.8 Å². The predicted molar refractivity (Wildman–Crippen MR) is 77.3 cm³/mol. The average molecular weight is 284 g/mol. The molecule has 0 aliphatic carbocycles. The van der Waals surface area contributed by atoms with E-state index in [9.17, 15) is 4.79 Å². The van der Waals surface area contributed by atoms with Gasteiger partial charge in [-0.1, -0.05) is 17.0 Å². The number of hydrogen-bond donors (Lipinski definition) is 2. The average Bonchev–Trinajstić information content (AvgIpc) is 2.87. The minimum absolute atomic E-state index is 0.192. The Labute approximate surface area is 122 Å². The SMILES string of the molecule is Cc1cc(C#CCN)cc(C(=O)NCc2nc(C)no2)c1. The Kier molecular flexibility index (Phi) is 4.69. The number of nitrogens with two attached hydrogens (primary N) is 1. The summed E-state index contributed by atoms with van der Waals surface area (Å²) in [5.74, 6) is 6.38. The van der Waals surface area contributed by atoms with Gasteiger partial charge in [0, 0.05) is 11.1 Å². The van der Waals surface area contributed by atoms with Crippen molar-refractivity contribution in [3.63, 3.8) is 0 Å². The quantitative estimate of drug-likeness (QED) is 0.818. The second-order valence-corrected chi connectivity index (χ2v) is 4.51. The Hall–Kier alpha value is -2.65. The highest BCUT2D eigenvalue weighted by Crippen LogP contribution is 2.09. The van der Waals surface area contributed by atoms with Crippen molar-refractivity contribution < 1.29 is 9.32 Å². The number of rotatable bonds is 3. The van der Waals surface area contributed by atoms with Crippen LogP contribution in [0.1, 0.15) is 33.2 Å². The molecular weight excluding hydrogens is 268 g/mol. The second kappa shape index (κ2) is 6.68. The van der Waals surface area contributed by atoms with E-state index in [0.29, 0.717) is 17.3 Å². The van der Waals surface area contributed by atoms with Crippen molar-refractivity contribution in [1.82, 2.24) is 15.5 Å². The summed E-state index contributed by atoms with van der Waals surface area (Å²) in [4.78, 5) is 16.2. The molecule has 2 rings (SSSR count). The molecule has 0 atom stereocenters. The lowest BCUT2D eigenvalue weighted by molar-refractivity contribution is 0.0946. The second-order valence-electron chi connectivity index (χ2n) is 4.51. The fraction of sp³-hybridized carbons (Fsp3) is 0.267. The predicted octanol–water partition coefficient (Wildman–Crippen LogP) is 0.927. The van der Waals surface area contributed by atoms with Crippen LogP contribution in [-0.2, 0) is 6.54 Å². The van der Waals surface area contributed by atoms with Crippen molar-refractivity contribution in [2.45, 2.75) is 20.4 Å². The van der Waals surface area contributed by atoms with Gasteiger partial charge < -0.3 is 15.6 Å². The number of nitrogens with zero attached hydrogens (tertiary/aromatic N) is 2. The highest BCUT2D eigenvalue weighted by atomic mass is 16.5. The summed E-state index contributed by atoms with van der Waals surface area (Å²) in [6.07, 6.45) is 0. The van der Waals surface area contributed by atoms with Gasteiger partial charge >= 0.3 is 0 Å². The third-order valence-electron chi connectivity index (χ3n) is 2.64. The highest BCUT2D eigenvalue weighted by molar-refractivity contribution is 5.94. The van der Waals surface area contributed by atoms with E-state index in [2.05, 4.69) is 27.3 Å². The summed E-state index contributed by atoms with van der Waals surface area (Å²) in [7, 11) is 0. The van der Waals surface area contributed by atoms with E-state index in [1.54, 1.807) is 19.1 Å². The van der Waals surface area contributed by atoms with Gasteiger partial charge in [-0.2, -0.15) is 4.98 Å². The Morgan fingerprint density at radius 2 is 2.19 bits per heavy atom. The van der Waals surface area contributed by atoms with Crippen LogP contribution in [0.3, 0.4) is 0 Å². The fourth-order valence-electron chi connectivity index (χ4n) is 1.81. The molecule has 1 amide bonds. The zero-order chi connectivity index (χ0) is 15.2. The molecule has 0 saturated carbocycles. The van der Waals surface area contributed by atoms with Crippen molar-refractivity contribution in [3.05, 3.63) is 46.6 Å². The van der Waals surface area contributed by atoms with Crippen LogP contribution in [0.25, 0.3) is 0 Å². The smallest absolute Gasteiger partial charge is 0.251 e. The van der Waals surface area contributed by atoms with E-state index in [1.165, 1.54) is 0 Å². The number of amides is 1. The van der Waals surface area contributed by atoms with Gasteiger partial charge in [-0.3, -0.25) is 4.79 Å². The van der Waals surface area contributed by atoms with E-state index in [-0.39, 0.29) is 19.0 Å². The maximum atomic E-state index is 12.1. The zero-order valence-corrected chi connectivity index (χ0v) is 11.9. The maximum absolute atomic E-state index is 12.1. The van der Waals surface area contributed by atoms with Crippen LogP contribution in [-0.4, -0.2) is 22.6 Å². The molecule has 0 radical (unpaired) electrons. The van der Waals surface area contributed by atoms with Crippen LogP contribution >= 0.6 is 0 Å². The van der Waals surface area contributed by atoms with Crippen LogP contribution in [0.2, 0.25) is 0 Å². The summed E-state index contributed by atoms with van der Waals surface area (Å²) in [5.41, 5.74) is 7.60. The minimum atomic E-state index is -0.217. The van der Waals surface area contributed by atoms with Crippen molar-refractivity contribution in [2.75, 3.05) is 6.54 Å². The Bertz CT molecular complexity index is 710. The molecule has 2 aromatic rings. The monoisotopic (exact) mass is 284 g/mol. The molecule has 0 saturated heterocycles. The third-order valence-corrected chi connectivity index (χ3v) is 2.64. The standard InChI is InChI=1S/C15H16N4O2/c1-10-6-12(4-3-5-16)8-13(7-10)15(20)17-9-14-18-11(2)19-21-14/h6-8H,5,9,16H2,1-2H3,(H,17,20). The molecule has 0 fully saturated rings. The molecule has 1 heterocycles. The summed E-state index contributed by atoms with van der Waals surface area (Å²) >= 11 is 0. The molecule has 0 bridgehead atoms. The summed E-state index contributed by atoms with van der Waals surface area (Å²) in [6.45, 7) is 4.10. The highest BCUT2D eigenvalue weighted by Gasteiger charge is 2.09. The van der Waals surface area contributed by atoms with Crippen LogP contribution in [0, 0.1) is 25.7 Å². The number of nitrogens with one attached hydrogen (secondary N) is 1. The van der Waals surface area contributed by atoms with Gasteiger partial charge in [0.1, 0.15) is 0 Å². The molecule has 21 heavy (non-hydrogen) atoms. The lowest BCUT2D eigenvalue weighted by atomic mass is 10.1. The molecule has 6 nitrogen and oxygen atoms in total. The van der Waals surface area contributed by atoms with E-state index in [1.807, 2.05) is 13.0 Å². The lowest BCUT2D eigenvalue weighted by Gasteiger charge is -2.04. The molecule has 0 aliphatic rings. The number of carbonyl (C=O) groups excluding carboxylic acids is 1. The van der Waals surface area contributed by atoms with Gasteiger partial charge in [0.15, 0.2) is 5.82 Å². The lowest BCUT2D eigenvalue weighted by Crippen LogP contribution is -2.23. The van der Waals surface area contributed by atoms with Gasteiger partial charge in [0.25, 0.3) is 5.91 Å². The van der Waals surface area contributed by atoms with Crippen molar-refractivity contribution in [2.24, 2.45) is 5.73 Å². The van der Waals surface area contributed by atoms with E-state index >= 15 is 0 Å². The first kappa shape index (κ1) is 14.8. The Balaban J connectivity index is 2.09. The van der Waals surface area contributed by atoms with E-state index < -0.39 is 0 Å². The summed E-state index contributed by atoms with van der Waals surface area (Å²) in [6, 6.07) is 5.42. The zero-order valence-electron chi connectivity index (χ0n) is 11.9. The number of carbonyl (C=O) groups is 1. The normalized spacial score (nSPS) is 9.86. The largest absolute Gasteiger partial charge is 0.343 e. The first-order valence-corrected chi connectivity index (χ1v) is 6.46. The summed E-state index contributed by atoms with van der Waals surface area (Å²) < 4.78 is 4.94. The van der Waals surface area contributed by atoms with Crippen molar-refractivity contribution in [1.29, 1.82) is 0 Å². The fourth-order valence-corrected chi connectivity index (χ4v) is 1.81. The first-order valence-electron chi connectivity index (χ1n) is 6.46. The van der Waals surface area contributed by atoms with Gasteiger partial charge in [0.05, 0.1) is 13.1 Å². The molecule has 108 valence electrons. The number of aryl methyl sites for hydroxylation is 2. The van der Waals surface area contributed by atoms with Gasteiger partial charge in [0.2, 0.25) is 5.89 Å². The maximum Gasteiger partial charge on any atom is 0.251 e. The molecule has 6 heteroatoms. The Morgan fingerprint density at radius 3 is 2.86 bits per heavy atom.